The molecular formula is C16H28N4O2. The van der Waals surface area contributed by atoms with Gasteiger partial charge in [-0.15, -0.1) is 0 Å². The van der Waals surface area contributed by atoms with E-state index in [4.69, 9.17) is 4.42 Å². The summed E-state index contributed by atoms with van der Waals surface area (Å²) in [5, 5.41) is 6.27. The molecule has 0 bridgehead atoms. The van der Waals surface area contributed by atoms with Crippen LogP contribution in [0, 0.1) is 5.41 Å². The summed E-state index contributed by atoms with van der Waals surface area (Å²) in [6.07, 6.45) is 3.50. The van der Waals surface area contributed by atoms with Gasteiger partial charge >= 0.3 is 0 Å². The van der Waals surface area contributed by atoms with E-state index in [9.17, 15) is 4.79 Å². The highest BCUT2D eigenvalue weighted by molar-refractivity contribution is 5.91. The van der Waals surface area contributed by atoms with Gasteiger partial charge in [-0.05, 0) is 45.4 Å². The van der Waals surface area contributed by atoms with Crippen molar-refractivity contribution in [2.45, 2.75) is 32.6 Å². The highest BCUT2D eigenvalue weighted by atomic mass is 16.3. The molecule has 1 saturated heterocycles. The van der Waals surface area contributed by atoms with Crippen LogP contribution >= 0.6 is 0 Å². The van der Waals surface area contributed by atoms with E-state index in [2.05, 4.69) is 34.4 Å². The van der Waals surface area contributed by atoms with Crippen LogP contribution in [0.1, 0.15) is 49.0 Å². The molecule has 1 aromatic rings. The first-order chi connectivity index (χ1) is 10.4. The first kappa shape index (κ1) is 17.0. The summed E-state index contributed by atoms with van der Waals surface area (Å²) in [4.78, 5) is 18.7. The molecule has 0 aliphatic carbocycles. The molecule has 1 aromatic heterocycles. The zero-order chi connectivity index (χ0) is 16.2. The van der Waals surface area contributed by atoms with Gasteiger partial charge in [-0.3, -0.25) is 4.79 Å². The first-order valence-electron chi connectivity index (χ1n) is 7.96. The highest BCUT2D eigenvalue weighted by Gasteiger charge is 2.24. The number of nitrogens with one attached hydrogen (secondary N) is 2. The van der Waals surface area contributed by atoms with E-state index in [1.165, 1.54) is 6.26 Å². The lowest BCUT2D eigenvalue weighted by molar-refractivity contribution is 0.0924. The maximum Gasteiger partial charge on any atom is 0.273 e. The molecule has 1 aliphatic rings. The van der Waals surface area contributed by atoms with Gasteiger partial charge in [0, 0.05) is 19.0 Å². The van der Waals surface area contributed by atoms with Crippen molar-refractivity contribution in [2.24, 2.45) is 5.41 Å². The lowest BCUT2D eigenvalue weighted by Gasteiger charge is -2.28. The fourth-order valence-electron chi connectivity index (χ4n) is 2.97. The van der Waals surface area contributed by atoms with Crippen LogP contribution in [0.2, 0.25) is 0 Å². The van der Waals surface area contributed by atoms with Crippen molar-refractivity contribution < 1.29 is 9.21 Å². The quantitative estimate of drug-likeness (QED) is 0.832. The topological polar surface area (TPSA) is 70.4 Å². The number of carbonyl (C=O) groups excluding carboxylic acids is 1. The van der Waals surface area contributed by atoms with Crippen LogP contribution in [-0.2, 0) is 0 Å². The van der Waals surface area contributed by atoms with Crippen molar-refractivity contribution in [3.05, 3.63) is 17.8 Å². The van der Waals surface area contributed by atoms with Crippen LogP contribution in [0.25, 0.3) is 0 Å². The first-order valence-corrected chi connectivity index (χ1v) is 7.96. The second-order valence-electron chi connectivity index (χ2n) is 7.18. The zero-order valence-corrected chi connectivity index (χ0v) is 14.1. The van der Waals surface area contributed by atoms with E-state index in [-0.39, 0.29) is 11.3 Å². The van der Waals surface area contributed by atoms with Crippen molar-refractivity contribution >= 4 is 5.91 Å². The highest BCUT2D eigenvalue weighted by Crippen LogP contribution is 2.24. The van der Waals surface area contributed by atoms with Crippen LogP contribution in [-0.4, -0.2) is 56.1 Å². The summed E-state index contributed by atoms with van der Waals surface area (Å²) >= 11 is 0. The SMILES string of the molecule is CN(C)CC(C)(C)CNC(=O)c1coc(C2CCNCC2)n1. The van der Waals surface area contributed by atoms with Crippen molar-refractivity contribution in [3.63, 3.8) is 0 Å². The third-order valence-corrected chi connectivity index (χ3v) is 3.91. The summed E-state index contributed by atoms with van der Waals surface area (Å²) in [7, 11) is 4.07. The van der Waals surface area contributed by atoms with E-state index in [1.54, 1.807) is 0 Å². The largest absolute Gasteiger partial charge is 0.448 e. The molecule has 0 radical (unpaired) electrons. The van der Waals surface area contributed by atoms with Crippen molar-refractivity contribution in [2.75, 3.05) is 40.3 Å². The van der Waals surface area contributed by atoms with E-state index >= 15 is 0 Å². The maximum absolute atomic E-state index is 12.2. The van der Waals surface area contributed by atoms with E-state index in [1.807, 2.05) is 14.1 Å². The van der Waals surface area contributed by atoms with E-state index in [0.717, 1.165) is 32.5 Å². The summed E-state index contributed by atoms with van der Waals surface area (Å²) in [5.41, 5.74) is 0.398. The summed E-state index contributed by atoms with van der Waals surface area (Å²) < 4.78 is 5.51. The zero-order valence-electron chi connectivity index (χ0n) is 14.1. The summed E-state index contributed by atoms with van der Waals surface area (Å²) in [6.45, 7) is 7.75. The fourth-order valence-corrected chi connectivity index (χ4v) is 2.97. The average molecular weight is 308 g/mol. The number of nitrogens with zero attached hydrogens (tertiary/aromatic N) is 2. The molecule has 2 heterocycles. The minimum Gasteiger partial charge on any atom is -0.448 e. The number of oxazole rings is 1. The number of amides is 1. The molecule has 6 nitrogen and oxygen atoms in total. The van der Waals surface area contributed by atoms with Crippen LogP contribution in [0.15, 0.2) is 10.7 Å². The Morgan fingerprint density at radius 1 is 1.45 bits per heavy atom. The molecule has 0 atom stereocenters. The Kier molecular flexibility index (Phi) is 5.58. The van der Waals surface area contributed by atoms with Gasteiger partial charge in [-0.2, -0.15) is 0 Å². The molecular weight excluding hydrogens is 280 g/mol. The van der Waals surface area contributed by atoms with Gasteiger partial charge in [-0.25, -0.2) is 4.98 Å². The third kappa shape index (κ3) is 4.81. The number of carbonyl (C=O) groups is 1. The number of piperidine rings is 1. The van der Waals surface area contributed by atoms with Gasteiger partial charge in [0.15, 0.2) is 11.6 Å². The Bertz CT molecular complexity index is 490. The number of hydrogen-bond donors (Lipinski definition) is 2. The molecule has 22 heavy (non-hydrogen) atoms. The van der Waals surface area contributed by atoms with Crippen molar-refractivity contribution in [1.82, 2.24) is 20.5 Å². The fraction of sp³-hybridized carbons (Fsp3) is 0.750. The Morgan fingerprint density at radius 2 is 2.14 bits per heavy atom. The number of aromatic nitrogens is 1. The minimum atomic E-state index is -0.157. The molecule has 1 fully saturated rings. The molecule has 6 heteroatoms. The molecule has 0 saturated carbocycles. The van der Waals surface area contributed by atoms with Gasteiger partial charge in [0.05, 0.1) is 0 Å². The van der Waals surface area contributed by atoms with Crippen LogP contribution in [0.4, 0.5) is 0 Å². The van der Waals surface area contributed by atoms with E-state index in [0.29, 0.717) is 24.0 Å². The van der Waals surface area contributed by atoms with Gasteiger partial charge in [-0.1, -0.05) is 13.8 Å². The van der Waals surface area contributed by atoms with E-state index < -0.39 is 0 Å². The number of hydrogen-bond acceptors (Lipinski definition) is 5. The second kappa shape index (κ2) is 7.24. The molecule has 0 spiro atoms. The molecule has 1 amide bonds. The summed E-state index contributed by atoms with van der Waals surface area (Å²) in [6, 6.07) is 0. The Hall–Kier alpha value is -1.40. The molecule has 0 aromatic carbocycles. The van der Waals surface area contributed by atoms with Gasteiger partial charge in [0.2, 0.25) is 0 Å². The Morgan fingerprint density at radius 3 is 2.77 bits per heavy atom. The summed E-state index contributed by atoms with van der Waals surface area (Å²) in [5.74, 6) is 0.864. The van der Waals surface area contributed by atoms with Crippen LogP contribution < -0.4 is 10.6 Å². The van der Waals surface area contributed by atoms with Crippen molar-refractivity contribution in [1.29, 1.82) is 0 Å². The lowest BCUT2D eigenvalue weighted by Crippen LogP contribution is -2.40. The third-order valence-electron chi connectivity index (χ3n) is 3.91. The predicted octanol–water partition coefficient (Wildman–Crippen LogP) is 1.46. The maximum atomic E-state index is 12.2. The monoisotopic (exact) mass is 308 g/mol. The minimum absolute atomic E-state index is 0.0146. The molecule has 2 N–H and O–H groups in total. The van der Waals surface area contributed by atoms with Gasteiger partial charge < -0.3 is 20.0 Å². The van der Waals surface area contributed by atoms with Gasteiger partial charge in [0.25, 0.3) is 5.91 Å². The average Bonchev–Trinajstić information content (AvgIpc) is 2.94. The van der Waals surface area contributed by atoms with Crippen LogP contribution in [0.3, 0.4) is 0 Å². The molecule has 0 unspecified atom stereocenters. The smallest absolute Gasteiger partial charge is 0.273 e. The second-order valence-corrected chi connectivity index (χ2v) is 7.18. The molecule has 124 valence electrons. The Balaban J connectivity index is 1.89. The van der Waals surface area contributed by atoms with Crippen molar-refractivity contribution in [3.8, 4) is 0 Å². The Labute approximate surface area is 132 Å². The van der Waals surface area contributed by atoms with Gasteiger partial charge in [0.1, 0.15) is 6.26 Å². The standard InChI is InChI=1S/C16H28N4O2/c1-16(2,11-20(3)4)10-18-14(21)13-9-22-15(19-13)12-5-7-17-8-6-12/h9,12,17H,5-8,10-11H2,1-4H3,(H,18,21). The normalized spacial score (nSPS) is 17.0. The predicted molar refractivity (Wildman–Crippen MR) is 86.0 cm³/mol. The number of rotatable bonds is 6. The van der Waals surface area contributed by atoms with Crippen LogP contribution in [0.5, 0.6) is 0 Å². The molecule has 1 aliphatic heterocycles. The molecule has 2 rings (SSSR count). The lowest BCUT2D eigenvalue weighted by atomic mass is 9.93.